The summed E-state index contributed by atoms with van der Waals surface area (Å²) in [6.07, 6.45) is 1.45. The third kappa shape index (κ3) is 4.07. The summed E-state index contributed by atoms with van der Waals surface area (Å²) in [5, 5.41) is 9.31. The molecule has 0 aliphatic carbocycles. The zero-order valence-electron chi connectivity index (χ0n) is 19.6. The van der Waals surface area contributed by atoms with Crippen molar-refractivity contribution in [2.45, 2.75) is 19.4 Å². The number of aromatic nitrogens is 1. The molecule has 1 aromatic heterocycles. The number of nitrogen functional groups attached to an aromatic ring is 1. The molecular weight excluding hydrogens is 464 g/mol. The first-order valence-corrected chi connectivity index (χ1v) is 11.0. The van der Waals surface area contributed by atoms with Gasteiger partial charge in [0, 0.05) is 18.3 Å². The molecule has 1 unspecified atom stereocenters. The van der Waals surface area contributed by atoms with Crippen molar-refractivity contribution in [3.8, 4) is 11.8 Å². The Kier molecular flexibility index (Phi) is 6.56. The van der Waals surface area contributed by atoms with E-state index in [-0.39, 0.29) is 41.1 Å². The summed E-state index contributed by atoms with van der Waals surface area (Å²) in [5.74, 6) is -2.51. The largest absolute Gasteiger partial charge is 0.464 e. The fourth-order valence-corrected chi connectivity index (χ4v) is 4.14. The number of carbonyl (C=O) groups is 4. The Bertz CT molecular complexity index is 1380. The number of hydrogen-bond acceptors (Lipinski definition) is 8. The Morgan fingerprint density at radius 2 is 1.67 bits per heavy atom. The van der Waals surface area contributed by atoms with Crippen LogP contribution in [-0.2, 0) is 20.7 Å². The number of anilines is 1. The molecule has 2 amide bonds. The lowest BCUT2D eigenvalue weighted by Crippen LogP contribution is -2.47. The number of hydrogen-bond donors (Lipinski definition) is 1. The van der Waals surface area contributed by atoms with Crippen LogP contribution in [0.2, 0.25) is 0 Å². The highest BCUT2D eigenvalue weighted by Crippen LogP contribution is 2.28. The molecule has 36 heavy (non-hydrogen) atoms. The number of fused-ring (bicyclic) bond motifs is 1. The van der Waals surface area contributed by atoms with E-state index in [0.717, 1.165) is 4.90 Å². The number of imide groups is 1. The number of methoxy groups -OCH3 is 1. The number of rotatable bonds is 7. The molecule has 182 valence electrons. The summed E-state index contributed by atoms with van der Waals surface area (Å²) in [6, 6.07) is 13.9. The van der Waals surface area contributed by atoms with Crippen molar-refractivity contribution in [2.75, 3.05) is 19.5 Å². The van der Waals surface area contributed by atoms with Crippen LogP contribution in [0.15, 0.2) is 54.7 Å². The average Bonchev–Trinajstić information content (AvgIpc) is 3.36. The monoisotopic (exact) mass is 486 g/mol. The van der Waals surface area contributed by atoms with Crippen molar-refractivity contribution in [1.82, 2.24) is 9.47 Å². The number of nitriles is 1. The summed E-state index contributed by atoms with van der Waals surface area (Å²) < 4.78 is 11.4. The van der Waals surface area contributed by atoms with Crippen LogP contribution in [-0.4, -0.2) is 53.0 Å². The van der Waals surface area contributed by atoms with Crippen LogP contribution < -0.4 is 5.73 Å². The quantitative estimate of drug-likeness (QED) is 0.396. The molecule has 4 rings (SSSR count). The van der Waals surface area contributed by atoms with Gasteiger partial charge in [-0.2, -0.15) is 5.26 Å². The average molecular weight is 486 g/mol. The first-order valence-electron chi connectivity index (χ1n) is 11.0. The summed E-state index contributed by atoms with van der Waals surface area (Å²) in [5.41, 5.74) is 7.71. The number of amides is 2. The van der Waals surface area contributed by atoms with E-state index in [1.54, 1.807) is 55.5 Å². The van der Waals surface area contributed by atoms with Gasteiger partial charge in [-0.15, -0.1) is 0 Å². The second kappa shape index (κ2) is 9.76. The van der Waals surface area contributed by atoms with Gasteiger partial charge in [0.2, 0.25) is 0 Å². The molecular formula is C26H22N4O6. The number of esters is 2. The van der Waals surface area contributed by atoms with Gasteiger partial charge in [-0.25, -0.2) is 9.59 Å². The van der Waals surface area contributed by atoms with Gasteiger partial charge in [0.1, 0.15) is 12.1 Å². The van der Waals surface area contributed by atoms with Crippen molar-refractivity contribution in [3.63, 3.8) is 0 Å². The minimum absolute atomic E-state index is 0.00132. The third-order valence-corrected chi connectivity index (χ3v) is 5.88. The second-order valence-corrected chi connectivity index (χ2v) is 7.94. The molecule has 0 saturated heterocycles. The third-order valence-electron chi connectivity index (χ3n) is 5.88. The highest BCUT2D eigenvalue weighted by atomic mass is 16.5. The Balaban J connectivity index is 1.66. The molecule has 2 heterocycles. The van der Waals surface area contributed by atoms with Gasteiger partial charge in [0.05, 0.1) is 36.1 Å². The Hall–Kier alpha value is -4.91. The van der Waals surface area contributed by atoms with Crippen LogP contribution in [0.3, 0.4) is 0 Å². The van der Waals surface area contributed by atoms with Gasteiger partial charge in [-0.3, -0.25) is 14.5 Å². The summed E-state index contributed by atoms with van der Waals surface area (Å²) >= 11 is 0. The SMILES string of the molecule is CCOC(=O)C(Cc1ccc(-n2cc(C#N)c(N)c2C(=O)OC)cc1)N1C(=O)c2ccccc2C1=O. The van der Waals surface area contributed by atoms with Crippen molar-refractivity contribution in [1.29, 1.82) is 5.26 Å². The fraction of sp³-hybridized carbons (Fsp3) is 0.192. The fourth-order valence-electron chi connectivity index (χ4n) is 4.14. The molecule has 0 bridgehead atoms. The highest BCUT2D eigenvalue weighted by molar-refractivity contribution is 6.22. The smallest absolute Gasteiger partial charge is 0.357 e. The molecule has 0 saturated carbocycles. The minimum atomic E-state index is -1.17. The van der Waals surface area contributed by atoms with E-state index in [4.69, 9.17) is 15.2 Å². The number of nitrogens with two attached hydrogens (primary N) is 1. The van der Waals surface area contributed by atoms with Crippen molar-refractivity contribution < 1.29 is 28.7 Å². The van der Waals surface area contributed by atoms with Crippen molar-refractivity contribution >= 4 is 29.4 Å². The van der Waals surface area contributed by atoms with E-state index in [9.17, 15) is 24.4 Å². The number of nitrogens with zero attached hydrogens (tertiary/aromatic N) is 3. The number of benzene rings is 2. The van der Waals surface area contributed by atoms with E-state index in [0.29, 0.717) is 11.3 Å². The first-order chi connectivity index (χ1) is 17.3. The molecule has 0 radical (unpaired) electrons. The Morgan fingerprint density at radius 3 is 2.19 bits per heavy atom. The molecule has 0 fully saturated rings. The van der Waals surface area contributed by atoms with Crippen molar-refractivity contribution in [2.24, 2.45) is 0 Å². The predicted molar refractivity (Wildman–Crippen MR) is 127 cm³/mol. The lowest BCUT2D eigenvalue weighted by atomic mass is 10.0. The summed E-state index contributed by atoms with van der Waals surface area (Å²) in [6.45, 7) is 1.73. The number of ether oxygens (including phenoxy) is 2. The highest BCUT2D eigenvalue weighted by Gasteiger charge is 2.43. The van der Waals surface area contributed by atoms with Gasteiger partial charge in [-0.1, -0.05) is 24.3 Å². The lowest BCUT2D eigenvalue weighted by molar-refractivity contribution is -0.147. The molecule has 10 heteroatoms. The van der Waals surface area contributed by atoms with Crippen molar-refractivity contribution in [3.05, 3.63) is 82.7 Å². The molecule has 2 N–H and O–H groups in total. The molecule has 1 atom stereocenters. The molecule has 10 nitrogen and oxygen atoms in total. The standard InChI is InChI=1S/C26H22N4O6/c1-3-36-25(33)20(30-23(31)18-6-4-5-7-19(18)24(30)32)12-15-8-10-17(11-9-15)29-14-16(13-27)21(28)22(29)26(34)35-2/h4-11,14,20H,3,12,28H2,1-2H3. The summed E-state index contributed by atoms with van der Waals surface area (Å²) in [7, 11) is 1.21. The molecule has 1 aliphatic heterocycles. The summed E-state index contributed by atoms with van der Waals surface area (Å²) in [4.78, 5) is 52.0. The van der Waals surface area contributed by atoms with Gasteiger partial charge in [0.25, 0.3) is 11.8 Å². The van der Waals surface area contributed by atoms with Gasteiger partial charge in [0.15, 0.2) is 5.69 Å². The van der Waals surface area contributed by atoms with E-state index >= 15 is 0 Å². The maximum Gasteiger partial charge on any atom is 0.357 e. The van der Waals surface area contributed by atoms with E-state index in [1.165, 1.54) is 17.9 Å². The molecule has 1 aliphatic rings. The Labute approximate surface area is 206 Å². The molecule has 0 spiro atoms. The van der Waals surface area contributed by atoms with E-state index < -0.39 is 29.8 Å². The maximum atomic E-state index is 13.0. The zero-order valence-corrected chi connectivity index (χ0v) is 19.6. The predicted octanol–water partition coefficient (Wildman–Crippen LogP) is 2.49. The van der Waals surface area contributed by atoms with Gasteiger partial charge in [-0.05, 0) is 36.8 Å². The topological polar surface area (TPSA) is 145 Å². The van der Waals surface area contributed by atoms with Crippen LogP contribution in [0, 0.1) is 11.3 Å². The van der Waals surface area contributed by atoms with Crippen LogP contribution in [0.5, 0.6) is 0 Å². The number of carbonyl (C=O) groups excluding carboxylic acids is 4. The maximum absolute atomic E-state index is 13.0. The molecule has 3 aromatic rings. The van der Waals surface area contributed by atoms with Crippen LogP contribution in [0.4, 0.5) is 5.69 Å². The lowest BCUT2D eigenvalue weighted by Gasteiger charge is -2.24. The molecule has 2 aromatic carbocycles. The Morgan fingerprint density at radius 1 is 1.06 bits per heavy atom. The van der Waals surface area contributed by atoms with Gasteiger partial charge >= 0.3 is 11.9 Å². The van der Waals surface area contributed by atoms with Crippen LogP contribution in [0.1, 0.15) is 49.3 Å². The van der Waals surface area contributed by atoms with E-state index in [2.05, 4.69) is 0 Å². The normalized spacial score (nSPS) is 13.2. The minimum Gasteiger partial charge on any atom is -0.464 e. The van der Waals surface area contributed by atoms with Crippen LogP contribution in [0.25, 0.3) is 5.69 Å². The van der Waals surface area contributed by atoms with Crippen LogP contribution >= 0.6 is 0 Å². The first kappa shape index (κ1) is 24.2. The van der Waals surface area contributed by atoms with E-state index in [1.807, 2.05) is 6.07 Å². The second-order valence-electron chi connectivity index (χ2n) is 7.94. The van der Waals surface area contributed by atoms with Gasteiger partial charge < -0.3 is 19.8 Å². The zero-order chi connectivity index (χ0) is 26.0.